The quantitative estimate of drug-likeness (QED) is 0.625. The van der Waals surface area contributed by atoms with Gasteiger partial charge in [0.25, 0.3) is 0 Å². The topological polar surface area (TPSA) is 83.0 Å². The number of hydrogen-bond acceptors (Lipinski definition) is 6. The van der Waals surface area contributed by atoms with Gasteiger partial charge in [0.15, 0.2) is 0 Å². The number of aromatic nitrogens is 1. The first-order valence-electron chi connectivity index (χ1n) is 11.5. The highest BCUT2D eigenvalue weighted by molar-refractivity contribution is 7.93. The molecule has 2 fully saturated rings. The summed E-state index contributed by atoms with van der Waals surface area (Å²) < 4.78 is 33.3. The lowest BCUT2D eigenvalue weighted by Gasteiger charge is -2.39. The van der Waals surface area contributed by atoms with Crippen molar-refractivity contribution in [2.45, 2.75) is 12.8 Å². The monoisotopic (exact) mass is 502 g/mol. The van der Waals surface area contributed by atoms with Crippen molar-refractivity contribution in [3.05, 3.63) is 58.2 Å². The van der Waals surface area contributed by atoms with Crippen LogP contribution in [0.2, 0.25) is 5.02 Å². The standard InChI is InChI=1S/C24H27ClN4O4S/c25-20-2-1-19-13-22(17-33-23(19)14-20)34(31,32)29-12-11-28(24(30)16-29)15-18-5-9-27(10-6-18)21-3-7-26-8-4-21/h1-4,7-8,13-14,18H,5-6,9-12,15-17H2. The Morgan fingerprint density at radius 1 is 1.06 bits per heavy atom. The van der Waals surface area contributed by atoms with Crippen LogP contribution in [0.15, 0.2) is 47.6 Å². The Bertz CT molecular complexity index is 1200. The van der Waals surface area contributed by atoms with E-state index in [9.17, 15) is 13.2 Å². The molecule has 3 aliphatic rings. The second kappa shape index (κ2) is 9.56. The summed E-state index contributed by atoms with van der Waals surface area (Å²) in [6, 6.07) is 9.13. The van der Waals surface area contributed by atoms with Crippen molar-refractivity contribution in [1.82, 2.24) is 14.2 Å². The molecule has 0 aliphatic carbocycles. The van der Waals surface area contributed by atoms with Gasteiger partial charge in [-0.15, -0.1) is 0 Å². The Labute approximate surface area is 204 Å². The molecule has 8 nitrogen and oxygen atoms in total. The van der Waals surface area contributed by atoms with Gasteiger partial charge in [-0.2, -0.15) is 4.31 Å². The summed E-state index contributed by atoms with van der Waals surface area (Å²) in [5.74, 6) is 0.834. The molecule has 3 aliphatic heterocycles. The van der Waals surface area contributed by atoms with Crippen LogP contribution in [0.25, 0.3) is 6.08 Å². The van der Waals surface area contributed by atoms with E-state index >= 15 is 0 Å². The number of sulfonamides is 1. The van der Waals surface area contributed by atoms with E-state index < -0.39 is 10.0 Å². The molecule has 0 radical (unpaired) electrons. The SMILES string of the molecule is O=C1CN(S(=O)(=O)C2=Cc3ccc(Cl)cc3OC2)CCN1CC1CCN(c2ccncc2)CC1. The highest BCUT2D eigenvalue weighted by atomic mass is 35.5. The number of piperazine rings is 1. The van der Waals surface area contributed by atoms with Gasteiger partial charge in [-0.1, -0.05) is 11.6 Å². The van der Waals surface area contributed by atoms with Gasteiger partial charge in [0, 0.05) is 61.4 Å². The molecule has 1 amide bonds. The summed E-state index contributed by atoms with van der Waals surface area (Å²) in [6.07, 6.45) is 7.22. The number of hydrogen-bond donors (Lipinski definition) is 0. The summed E-state index contributed by atoms with van der Waals surface area (Å²) in [7, 11) is -3.79. The first kappa shape index (κ1) is 23.1. The minimum absolute atomic E-state index is 0.0693. The second-order valence-electron chi connectivity index (χ2n) is 8.90. The summed E-state index contributed by atoms with van der Waals surface area (Å²) in [5.41, 5.74) is 1.84. The summed E-state index contributed by atoms with van der Waals surface area (Å²) >= 11 is 5.99. The molecule has 1 aromatic heterocycles. The third kappa shape index (κ3) is 4.78. The van der Waals surface area contributed by atoms with Crippen molar-refractivity contribution in [1.29, 1.82) is 0 Å². The van der Waals surface area contributed by atoms with Crippen LogP contribution in [0.5, 0.6) is 5.75 Å². The number of carbonyl (C=O) groups is 1. The van der Waals surface area contributed by atoms with Gasteiger partial charge in [-0.25, -0.2) is 8.42 Å². The molecule has 0 spiro atoms. The van der Waals surface area contributed by atoms with Gasteiger partial charge in [-0.3, -0.25) is 9.78 Å². The molecule has 0 atom stereocenters. The predicted molar refractivity (Wildman–Crippen MR) is 131 cm³/mol. The van der Waals surface area contributed by atoms with Gasteiger partial charge in [0.1, 0.15) is 12.4 Å². The number of ether oxygens (including phenoxy) is 1. The van der Waals surface area contributed by atoms with Crippen LogP contribution in [0, 0.1) is 5.92 Å². The summed E-state index contributed by atoms with van der Waals surface area (Å²) in [4.78, 5) is 21.3. The van der Waals surface area contributed by atoms with Crippen molar-refractivity contribution in [2.24, 2.45) is 5.92 Å². The van der Waals surface area contributed by atoms with Gasteiger partial charge < -0.3 is 14.5 Å². The first-order chi connectivity index (χ1) is 16.4. The maximum atomic E-state index is 13.2. The van der Waals surface area contributed by atoms with Gasteiger partial charge in [0.05, 0.1) is 11.4 Å². The highest BCUT2D eigenvalue weighted by Gasteiger charge is 2.36. The van der Waals surface area contributed by atoms with E-state index in [1.54, 1.807) is 36.7 Å². The third-order valence-corrected chi connectivity index (χ3v) is 8.86. The van der Waals surface area contributed by atoms with E-state index in [4.69, 9.17) is 16.3 Å². The van der Waals surface area contributed by atoms with Gasteiger partial charge in [0.2, 0.25) is 15.9 Å². The Hall–Kier alpha value is -2.62. The normalized spacial score (nSPS) is 20.0. The van der Waals surface area contributed by atoms with Crippen molar-refractivity contribution in [3.63, 3.8) is 0 Å². The molecule has 0 saturated carbocycles. The molecule has 4 heterocycles. The molecule has 2 aromatic rings. The van der Waals surface area contributed by atoms with Crippen LogP contribution in [-0.4, -0.2) is 74.4 Å². The zero-order chi connectivity index (χ0) is 23.7. The number of piperidine rings is 1. The van der Waals surface area contributed by atoms with E-state index in [1.807, 2.05) is 17.0 Å². The number of anilines is 1. The number of halogens is 1. The van der Waals surface area contributed by atoms with Crippen LogP contribution in [0.3, 0.4) is 0 Å². The Morgan fingerprint density at radius 2 is 1.82 bits per heavy atom. The lowest BCUT2D eigenvalue weighted by atomic mass is 9.95. The fourth-order valence-electron chi connectivity index (χ4n) is 4.76. The predicted octanol–water partition coefficient (Wildman–Crippen LogP) is 2.86. The number of fused-ring (bicyclic) bond motifs is 1. The third-order valence-electron chi connectivity index (χ3n) is 6.74. The maximum Gasteiger partial charge on any atom is 0.243 e. The molecule has 1 aromatic carbocycles. The van der Waals surface area contributed by atoms with E-state index in [2.05, 4.69) is 9.88 Å². The van der Waals surface area contributed by atoms with Crippen molar-refractivity contribution >= 4 is 39.3 Å². The Morgan fingerprint density at radius 3 is 2.56 bits per heavy atom. The Balaban J connectivity index is 1.17. The number of nitrogens with zero attached hydrogens (tertiary/aromatic N) is 4. The molecule has 0 bridgehead atoms. The molecule has 0 unspecified atom stereocenters. The number of rotatable bonds is 5. The molecule has 0 N–H and O–H groups in total. The fourth-order valence-corrected chi connectivity index (χ4v) is 6.34. The van der Waals surface area contributed by atoms with Crippen LogP contribution in [-0.2, 0) is 14.8 Å². The van der Waals surface area contributed by atoms with E-state index in [1.165, 1.54) is 9.99 Å². The molecule has 180 valence electrons. The first-order valence-corrected chi connectivity index (χ1v) is 13.3. The second-order valence-corrected chi connectivity index (χ2v) is 11.3. The summed E-state index contributed by atoms with van der Waals surface area (Å²) in [6.45, 7) is 3.05. The van der Waals surface area contributed by atoms with Crippen molar-refractivity contribution in [2.75, 3.05) is 50.8 Å². The molecule has 34 heavy (non-hydrogen) atoms. The average molecular weight is 503 g/mol. The van der Waals surface area contributed by atoms with Gasteiger partial charge in [-0.05, 0) is 55.2 Å². The number of benzene rings is 1. The zero-order valence-corrected chi connectivity index (χ0v) is 20.3. The highest BCUT2D eigenvalue weighted by Crippen LogP contribution is 2.32. The van der Waals surface area contributed by atoms with E-state index in [0.29, 0.717) is 35.3 Å². The lowest BCUT2D eigenvalue weighted by molar-refractivity contribution is -0.134. The maximum absolute atomic E-state index is 13.2. The summed E-state index contributed by atoms with van der Waals surface area (Å²) in [5, 5.41) is 0.531. The molecular formula is C24H27ClN4O4S. The lowest BCUT2D eigenvalue weighted by Crippen LogP contribution is -2.54. The Kier molecular flexibility index (Phi) is 6.50. The van der Waals surface area contributed by atoms with Crippen LogP contribution in [0.4, 0.5) is 5.69 Å². The smallest absolute Gasteiger partial charge is 0.243 e. The minimum atomic E-state index is -3.79. The number of pyridine rings is 1. The van der Waals surface area contributed by atoms with Crippen molar-refractivity contribution < 1.29 is 17.9 Å². The minimum Gasteiger partial charge on any atom is -0.487 e. The largest absolute Gasteiger partial charge is 0.487 e. The fraction of sp³-hybridized carbons (Fsp3) is 0.417. The molecule has 5 rings (SSSR count). The number of amides is 1. The number of carbonyl (C=O) groups excluding carboxylic acids is 1. The van der Waals surface area contributed by atoms with Gasteiger partial charge >= 0.3 is 0 Å². The van der Waals surface area contributed by atoms with E-state index in [0.717, 1.165) is 25.9 Å². The molecule has 10 heteroatoms. The average Bonchev–Trinajstić information content (AvgIpc) is 2.86. The van der Waals surface area contributed by atoms with E-state index in [-0.39, 0.29) is 30.5 Å². The van der Waals surface area contributed by atoms with Crippen LogP contribution in [0.1, 0.15) is 18.4 Å². The zero-order valence-electron chi connectivity index (χ0n) is 18.8. The van der Waals surface area contributed by atoms with Crippen LogP contribution >= 0.6 is 11.6 Å². The van der Waals surface area contributed by atoms with Crippen LogP contribution < -0.4 is 9.64 Å². The molecular weight excluding hydrogens is 476 g/mol. The van der Waals surface area contributed by atoms with Crippen molar-refractivity contribution in [3.8, 4) is 5.75 Å². The molecule has 2 saturated heterocycles.